The van der Waals surface area contributed by atoms with Crippen LogP contribution in [0.1, 0.15) is 141 Å². The lowest BCUT2D eigenvalue weighted by atomic mass is 9.80. The van der Waals surface area contributed by atoms with Crippen LogP contribution < -0.4 is 20.1 Å². The molecule has 5 aliphatic rings. The normalized spacial score (nSPS) is 19.0. The summed E-state index contributed by atoms with van der Waals surface area (Å²) in [5, 5.41) is 5.97. The number of nitrogens with zero attached hydrogens (tertiary/aromatic N) is 4. The van der Waals surface area contributed by atoms with Crippen LogP contribution >= 0.6 is 0 Å². The highest BCUT2D eigenvalue weighted by Gasteiger charge is 2.39. The third-order valence-electron chi connectivity index (χ3n) is 14.6. The Kier molecular flexibility index (Phi) is 11.5. The fourth-order valence-electron chi connectivity index (χ4n) is 10.7. The zero-order valence-corrected chi connectivity index (χ0v) is 38.5. The highest BCUT2D eigenvalue weighted by Crippen LogP contribution is 2.51. The summed E-state index contributed by atoms with van der Waals surface area (Å²) in [7, 11) is 0. The topological polar surface area (TPSA) is 175 Å². The van der Waals surface area contributed by atoms with E-state index in [4.69, 9.17) is 19.4 Å². The molecule has 4 amide bonds. The van der Waals surface area contributed by atoms with Crippen LogP contribution in [-0.4, -0.2) is 66.5 Å². The smallest absolute Gasteiger partial charge is 0.250 e. The van der Waals surface area contributed by atoms with Crippen molar-refractivity contribution in [2.75, 3.05) is 13.1 Å². The summed E-state index contributed by atoms with van der Waals surface area (Å²) in [6.45, 7) is 5.42. The molecular formula is C54H56N8O6. The van der Waals surface area contributed by atoms with Gasteiger partial charge in [0.2, 0.25) is 23.6 Å². The van der Waals surface area contributed by atoms with E-state index in [0.717, 1.165) is 93.1 Å². The molecule has 3 fully saturated rings. The van der Waals surface area contributed by atoms with E-state index in [1.54, 1.807) is 13.8 Å². The zero-order chi connectivity index (χ0) is 46.5. The summed E-state index contributed by atoms with van der Waals surface area (Å²) in [5.41, 5.74) is 10.3. The molecule has 1 saturated carbocycles. The maximum absolute atomic E-state index is 14.4. The van der Waals surface area contributed by atoms with Crippen LogP contribution in [0.2, 0.25) is 0 Å². The highest BCUT2D eigenvalue weighted by molar-refractivity contribution is 5.91. The molecule has 4 N–H and O–H groups in total. The number of rotatable bonds is 13. The van der Waals surface area contributed by atoms with Gasteiger partial charge >= 0.3 is 0 Å². The second-order valence-electron chi connectivity index (χ2n) is 18.8. The van der Waals surface area contributed by atoms with E-state index in [0.29, 0.717) is 43.9 Å². The van der Waals surface area contributed by atoms with E-state index in [9.17, 15) is 19.2 Å². The molecule has 4 aromatic carbocycles. The number of nitrogens with one attached hydrogen (secondary N) is 4. The van der Waals surface area contributed by atoms with Gasteiger partial charge in [0.25, 0.3) is 0 Å². The van der Waals surface area contributed by atoms with Crippen molar-refractivity contribution in [2.45, 2.75) is 115 Å². The molecule has 4 aliphatic heterocycles. The number of hydrogen-bond donors (Lipinski definition) is 4. The van der Waals surface area contributed by atoms with E-state index in [1.807, 2.05) is 70.7 Å². The van der Waals surface area contributed by atoms with Gasteiger partial charge < -0.3 is 39.9 Å². The van der Waals surface area contributed by atoms with Crippen LogP contribution in [0.4, 0.5) is 0 Å². The highest BCUT2D eigenvalue weighted by atomic mass is 16.5. The number of aromatic amines is 2. The van der Waals surface area contributed by atoms with Crippen LogP contribution in [0.5, 0.6) is 11.5 Å². The average molecular weight is 913 g/mol. The van der Waals surface area contributed by atoms with E-state index in [2.05, 4.69) is 50.9 Å². The number of H-pyrrole nitrogens is 2. The Balaban J connectivity index is 0.815. The molecule has 68 heavy (non-hydrogen) atoms. The van der Waals surface area contributed by atoms with Crippen molar-refractivity contribution in [3.05, 3.63) is 131 Å². The number of hydrogen-bond acceptors (Lipinski definition) is 8. The number of likely N-dealkylation sites (tertiary alicyclic amines) is 2. The predicted molar refractivity (Wildman–Crippen MR) is 255 cm³/mol. The first-order valence-corrected chi connectivity index (χ1v) is 24.3. The van der Waals surface area contributed by atoms with Gasteiger partial charge in [-0.15, -0.1) is 0 Å². The molecule has 14 heteroatoms. The second kappa shape index (κ2) is 18.1. The van der Waals surface area contributed by atoms with E-state index < -0.39 is 12.1 Å². The van der Waals surface area contributed by atoms with E-state index in [1.165, 1.54) is 24.8 Å². The first-order chi connectivity index (χ1) is 33.2. The van der Waals surface area contributed by atoms with Gasteiger partial charge in [0.15, 0.2) is 0 Å². The molecule has 1 aliphatic carbocycles. The monoisotopic (exact) mass is 912 g/mol. The zero-order valence-electron chi connectivity index (χ0n) is 38.5. The SMILES string of the molecule is CCC(=O)N[C@@H](C(=O)N1CCC[C@H]1c1ncc(-c2cc3c4c(c2)OCc2cc(-c5cnc([C@@H]6CCCN6C(=O)[C@H](NC(=O)CC)c6ccc(C7CCC7)cc6)[nH]5)cc(c2-4)OC3)[nH]1)c1ccccc1. The van der Waals surface area contributed by atoms with Crippen molar-refractivity contribution in [2.24, 2.45) is 0 Å². The Morgan fingerprint density at radius 2 is 1.12 bits per heavy atom. The first kappa shape index (κ1) is 43.4. The largest absolute Gasteiger partial charge is 0.488 e. The lowest BCUT2D eigenvalue weighted by Crippen LogP contribution is -2.42. The number of aromatic nitrogens is 4. The fourth-order valence-corrected chi connectivity index (χ4v) is 10.7. The summed E-state index contributed by atoms with van der Waals surface area (Å²) in [6, 6.07) is 23.9. The Hall–Kier alpha value is -7.22. The van der Waals surface area contributed by atoms with Crippen LogP contribution in [0.3, 0.4) is 0 Å². The van der Waals surface area contributed by atoms with Gasteiger partial charge in [-0.3, -0.25) is 19.2 Å². The molecule has 0 radical (unpaired) electrons. The van der Waals surface area contributed by atoms with Gasteiger partial charge in [-0.05, 0) is 85.4 Å². The number of benzene rings is 4. The number of carbonyl (C=O) groups excluding carboxylic acids is 4. The van der Waals surface area contributed by atoms with Gasteiger partial charge in [-0.25, -0.2) is 9.97 Å². The minimum atomic E-state index is -0.781. The van der Waals surface area contributed by atoms with Gasteiger partial charge in [-0.2, -0.15) is 0 Å². The number of imidazole rings is 2. The lowest BCUT2D eigenvalue weighted by molar-refractivity contribution is -0.137. The maximum atomic E-state index is 14.4. The van der Waals surface area contributed by atoms with Crippen molar-refractivity contribution in [1.29, 1.82) is 0 Å². The predicted octanol–water partition coefficient (Wildman–Crippen LogP) is 9.05. The van der Waals surface area contributed by atoms with Crippen LogP contribution in [0.15, 0.2) is 91.3 Å². The average Bonchev–Trinajstić information content (AvgIpc) is 4.21. The standard InChI is InChI=1S/C54H56N8O6/c1-3-45(63)59-49(33-11-6-5-7-12-33)53(65)61-21-9-15-41(61)51-55-27-39(57-51)35-23-37-29-68-44-26-36(24-38-30-67-43(25-35)47(37)48(38)44)40-28-56-52(58-40)42-16-10-22-62(42)54(66)50(60-46(64)4-2)34-19-17-32(18-20-34)31-13-8-14-31/h5-7,11-12,17-20,23-28,31,41-42,49-50H,3-4,8-10,13-16,21-22,29-30H2,1-2H3,(H,55,57)(H,56,58)(H,59,63)(H,60,64)/t41-,42-,49+,50+/m0/s1. The number of amides is 4. The quantitative estimate of drug-likeness (QED) is 0.0888. The van der Waals surface area contributed by atoms with E-state index >= 15 is 0 Å². The summed E-state index contributed by atoms with van der Waals surface area (Å²) in [5.74, 6) is 2.91. The minimum Gasteiger partial charge on any atom is -0.488 e. The molecule has 6 heterocycles. The first-order valence-electron chi connectivity index (χ1n) is 24.3. The fraction of sp³-hybridized carbons (Fsp3) is 0.370. The Labute approximate surface area is 395 Å². The molecule has 2 aromatic heterocycles. The molecule has 2 saturated heterocycles. The van der Waals surface area contributed by atoms with Gasteiger partial charge in [0, 0.05) is 59.3 Å². The van der Waals surface area contributed by atoms with E-state index in [-0.39, 0.29) is 48.6 Å². The van der Waals surface area contributed by atoms with Crippen molar-refractivity contribution in [1.82, 2.24) is 40.4 Å². The summed E-state index contributed by atoms with van der Waals surface area (Å²) < 4.78 is 13.0. The Bertz CT molecular complexity index is 2850. The minimum absolute atomic E-state index is 0.127. The maximum Gasteiger partial charge on any atom is 0.250 e. The molecule has 14 nitrogen and oxygen atoms in total. The molecule has 4 atom stereocenters. The second-order valence-corrected chi connectivity index (χ2v) is 18.8. The van der Waals surface area contributed by atoms with Gasteiger partial charge in [-0.1, -0.05) is 74.9 Å². The Morgan fingerprint density at radius 1 is 0.632 bits per heavy atom. The van der Waals surface area contributed by atoms with Crippen LogP contribution in [0.25, 0.3) is 33.6 Å². The summed E-state index contributed by atoms with van der Waals surface area (Å²) in [4.78, 5) is 74.3. The third kappa shape index (κ3) is 7.98. The van der Waals surface area contributed by atoms with Crippen molar-refractivity contribution in [3.8, 4) is 45.1 Å². The van der Waals surface area contributed by atoms with Crippen LogP contribution in [0, 0.1) is 0 Å². The molecule has 6 aromatic rings. The van der Waals surface area contributed by atoms with Crippen molar-refractivity contribution >= 4 is 23.6 Å². The van der Waals surface area contributed by atoms with Crippen molar-refractivity contribution in [3.63, 3.8) is 0 Å². The molecule has 0 spiro atoms. The molecule has 0 bridgehead atoms. The van der Waals surface area contributed by atoms with Gasteiger partial charge in [0.1, 0.15) is 48.4 Å². The molecular weight excluding hydrogens is 857 g/mol. The van der Waals surface area contributed by atoms with Gasteiger partial charge in [0.05, 0.1) is 35.9 Å². The Morgan fingerprint density at radius 3 is 1.57 bits per heavy atom. The molecule has 11 rings (SSSR count). The lowest BCUT2D eigenvalue weighted by Gasteiger charge is -2.30. The number of carbonyl (C=O) groups is 4. The molecule has 0 unspecified atom stereocenters. The number of ether oxygens (including phenoxy) is 2. The molecule has 348 valence electrons. The third-order valence-corrected chi connectivity index (χ3v) is 14.6. The van der Waals surface area contributed by atoms with Crippen LogP contribution in [-0.2, 0) is 32.4 Å². The summed E-state index contributed by atoms with van der Waals surface area (Å²) in [6.07, 6.45) is 11.0. The summed E-state index contributed by atoms with van der Waals surface area (Å²) >= 11 is 0. The van der Waals surface area contributed by atoms with Crippen molar-refractivity contribution < 1.29 is 28.7 Å².